The largest absolute Gasteiger partial charge is 0.451 e. The van der Waals surface area contributed by atoms with Gasteiger partial charge in [0.15, 0.2) is 11.2 Å². The van der Waals surface area contributed by atoms with Gasteiger partial charge in [0.05, 0.1) is 17.6 Å². The zero-order chi connectivity index (χ0) is 18.8. The van der Waals surface area contributed by atoms with Gasteiger partial charge in [0.1, 0.15) is 5.58 Å². The van der Waals surface area contributed by atoms with Gasteiger partial charge < -0.3 is 14.6 Å². The SMILES string of the molecule is Cc1cc(CNC(=O)c2cc(=O)c3ccccc3o2)nc(N2CCCC2)n1. The Morgan fingerprint density at radius 2 is 1.96 bits per heavy atom. The van der Waals surface area contributed by atoms with E-state index in [4.69, 9.17) is 4.42 Å². The summed E-state index contributed by atoms with van der Waals surface area (Å²) in [7, 11) is 0. The maximum Gasteiger partial charge on any atom is 0.287 e. The summed E-state index contributed by atoms with van der Waals surface area (Å²) in [6, 6.07) is 9.93. The summed E-state index contributed by atoms with van der Waals surface area (Å²) in [4.78, 5) is 35.8. The highest BCUT2D eigenvalue weighted by Gasteiger charge is 2.17. The molecule has 138 valence electrons. The number of hydrogen-bond donors (Lipinski definition) is 1. The molecule has 0 atom stereocenters. The van der Waals surface area contributed by atoms with E-state index >= 15 is 0 Å². The molecule has 0 radical (unpaired) electrons. The molecule has 1 amide bonds. The maximum atomic E-state index is 12.4. The molecule has 4 rings (SSSR count). The number of anilines is 1. The van der Waals surface area contributed by atoms with Gasteiger partial charge in [0.2, 0.25) is 5.95 Å². The quantitative estimate of drug-likeness (QED) is 0.765. The number of rotatable bonds is 4. The molecule has 27 heavy (non-hydrogen) atoms. The number of nitrogens with one attached hydrogen (secondary N) is 1. The van der Waals surface area contributed by atoms with Gasteiger partial charge in [-0.2, -0.15) is 0 Å². The summed E-state index contributed by atoms with van der Waals surface area (Å²) in [5.41, 5.74) is 1.73. The Labute approximate surface area is 156 Å². The lowest BCUT2D eigenvalue weighted by atomic mass is 10.2. The van der Waals surface area contributed by atoms with E-state index in [0.717, 1.165) is 37.3 Å². The highest BCUT2D eigenvalue weighted by atomic mass is 16.3. The van der Waals surface area contributed by atoms with E-state index in [1.807, 2.05) is 13.0 Å². The molecule has 1 aromatic carbocycles. The monoisotopic (exact) mass is 364 g/mol. The first-order valence-corrected chi connectivity index (χ1v) is 9.01. The third-order valence-corrected chi connectivity index (χ3v) is 4.57. The number of carbonyl (C=O) groups excluding carboxylic acids is 1. The number of fused-ring (bicyclic) bond motifs is 1. The number of benzene rings is 1. The van der Waals surface area contributed by atoms with Gasteiger partial charge in [-0.15, -0.1) is 0 Å². The molecule has 0 unspecified atom stereocenters. The molecule has 2 aromatic heterocycles. The summed E-state index contributed by atoms with van der Waals surface area (Å²) < 4.78 is 5.57. The van der Waals surface area contributed by atoms with Crippen molar-refractivity contribution in [1.29, 1.82) is 0 Å². The third-order valence-electron chi connectivity index (χ3n) is 4.57. The molecule has 1 N–H and O–H groups in total. The minimum atomic E-state index is -0.447. The zero-order valence-corrected chi connectivity index (χ0v) is 15.1. The van der Waals surface area contributed by atoms with Crippen molar-refractivity contribution in [3.63, 3.8) is 0 Å². The van der Waals surface area contributed by atoms with E-state index in [-0.39, 0.29) is 17.7 Å². The predicted molar refractivity (Wildman–Crippen MR) is 102 cm³/mol. The molecule has 7 nitrogen and oxygen atoms in total. The van der Waals surface area contributed by atoms with Gasteiger partial charge in [0, 0.05) is 24.8 Å². The van der Waals surface area contributed by atoms with Crippen LogP contribution in [0.1, 0.15) is 34.8 Å². The second-order valence-corrected chi connectivity index (χ2v) is 6.65. The second-order valence-electron chi connectivity index (χ2n) is 6.65. The van der Waals surface area contributed by atoms with E-state index in [0.29, 0.717) is 16.9 Å². The van der Waals surface area contributed by atoms with Gasteiger partial charge in [-0.3, -0.25) is 9.59 Å². The van der Waals surface area contributed by atoms with Crippen LogP contribution in [-0.4, -0.2) is 29.0 Å². The third kappa shape index (κ3) is 3.67. The van der Waals surface area contributed by atoms with Crippen LogP contribution in [-0.2, 0) is 6.54 Å². The molecule has 3 heterocycles. The molecule has 0 bridgehead atoms. The molecule has 1 fully saturated rings. The molecular weight excluding hydrogens is 344 g/mol. The Morgan fingerprint density at radius 3 is 2.78 bits per heavy atom. The van der Waals surface area contributed by atoms with Crippen molar-refractivity contribution < 1.29 is 9.21 Å². The van der Waals surface area contributed by atoms with Crippen molar-refractivity contribution >= 4 is 22.8 Å². The van der Waals surface area contributed by atoms with Gasteiger partial charge in [-0.05, 0) is 38.0 Å². The number of aryl methyl sites for hydroxylation is 1. The Kier molecular flexibility index (Phi) is 4.58. The van der Waals surface area contributed by atoms with Crippen LogP contribution in [0.3, 0.4) is 0 Å². The van der Waals surface area contributed by atoms with Crippen LogP contribution in [0.5, 0.6) is 0 Å². The molecule has 0 aliphatic carbocycles. The number of aromatic nitrogens is 2. The molecule has 1 aliphatic rings. The zero-order valence-electron chi connectivity index (χ0n) is 15.1. The first kappa shape index (κ1) is 17.2. The molecule has 1 aliphatic heterocycles. The summed E-state index contributed by atoms with van der Waals surface area (Å²) in [5.74, 6) is 0.245. The minimum Gasteiger partial charge on any atom is -0.451 e. The van der Waals surface area contributed by atoms with Crippen molar-refractivity contribution in [2.24, 2.45) is 0 Å². The van der Waals surface area contributed by atoms with Gasteiger partial charge >= 0.3 is 0 Å². The molecule has 7 heteroatoms. The average molecular weight is 364 g/mol. The smallest absolute Gasteiger partial charge is 0.287 e. The highest BCUT2D eigenvalue weighted by molar-refractivity contribution is 5.93. The van der Waals surface area contributed by atoms with Crippen LogP contribution in [0.15, 0.2) is 45.6 Å². The van der Waals surface area contributed by atoms with E-state index in [9.17, 15) is 9.59 Å². The van der Waals surface area contributed by atoms with Crippen LogP contribution in [0.25, 0.3) is 11.0 Å². The number of amides is 1. The average Bonchev–Trinajstić information content (AvgIpc) is 3.20. The lowest BCUT2D eigenvalue weighted by Crippen LogP contribution is -2.26. The lowest BCUT2D eigenvalue weighted by Gasteiger charge is -2.16. The Balaban J connectivity index is 1.52. The Bertz CT molecular complexity index is 1050. The van der Waals surface area contributed by atoms with Gasteiger partial charge in [0.25, 0.3) is 5.91 Å². The number of nitrogens with zero attached hydrogens (tertiary/aromatic N) is 3. The van der Waals surface area contributed by atoms with Crippen molar-refractivity contribution in [2.75, 3.05) is 18.0 Å². The topological polar surface area (TPSA) is 88.3 Å². The van der Waals surface area contributed by atoms with Crippen LogP contribution in [0, 0.1) is 6.92 Å². The number of hydrogen-bond acceptors (Lipinski definition) is 6. The Morgan fingerprint density at radius 1 is 1.19 bits per heavy atom. The summed E-state index contributed by atoms with van der Waals surface area (Å²) in [6.07, 6.45) is 2.29. The van der Waals surface area contributed by atoms with Crippen LogP contribution >= 0.6 is 0 Å². The number of carbonyl (C=O) groups is 1. The molecule has 0 spiro atoms. The molecular formula is C20H20N4O3. The van der Waals surface area contributed by atoms with Crippen molar-refractivity contribution in [3.05, 3.63) is 63.8 Å². The second kappa shape index (κ2) is 7.19. The first-order chi connectivity index (χ1) is 13.1. The molecule has 1 saturated heterocycles. The van der Waals surface area contributed by atoms with Gasteiger partial charge in [-0.25, -0.2) is 9.97 Å². The van der Waals surface area contributed by atoms with Gasteiger partial charge in [-0.1, -0.05) is 12.1 Å². The van der Waals surface area contributed by atoms with E-state index < -0.39 is 5.91 Å². The normalized spacial score (nSPS) is 13.9. The van der Waals surface area contributed by atoms with Crippen molar-refractivity contribution in [1.82, 2.24) is 15.3 Å². The lowest BCUT2D eigenvalue weighted by molar-refractivity contribution is 0.0923. The van der Waals surface area contributed by atoms with Crippen LogP contribution in [0.2, 0.25) is 0 Å². The van der Waals surface area contributed by atoms with E-state index in [1.54, 1.807) is 24.3 Å². The van der Waals surface area contributed by atoms with Crippen molar-refractivity contribution in [3.8, 4) is 0 Å². The van der Waals surface area contributed by atoms with Crippen LogP contribution < -0.4 is 15.6 Å². The fourth-order valence-electron chi connectivity index (χ4n) is 3.24. The standard InChI is InChI=1S/C20H20N4O3/c1-13-10-14(23-20(22-13)24-8-4-5-9-24)12-21-19(26)18-11-16(25)15-6-2-3-7-17(15)27-18/h2-3,6-7,10-11H,4-5,8-9,12H2,1H3,(H,21,26). The molecule has 3 aromatic rings. The van der Waals surface area contributed by atoms with E-state index in [2.05, 4.69) is 20.2 Å². The van der Waals surface area contributed by atoms with Crippen LogP contribution in [0.4, 0.5) is 5.95 Å². The fraction of sp³-hybridized carbons (Fsp3) is 0.300. The van der Waals surface area contributed by atoms with E-state index in [1.165, 1.54) is 6.07 Å². The Hall–Kier alpha value is -3.22. The summed E-state index contributed by atoms with van der Waals surface area (Å²) in [5, 5.41) is 3.23. The summed E-state index contributed by atoms with van der Waals surface area (Å²) >= 11 is 0. The summed E-state index contributed by atoms with van der Waals surface area (Å²) in [6.45, 7) is 4.06. The predicted octanol–water partition coefficient (Wildman–Crippen LogP) is 2.42. The maximum absolute atomic E-state index is 12.4. The highest BCUT2D eigenvalue weighted by Crippen LogP contribution is 2.17. The van der Waals surface area contributed by atoms with Crippen molar-refractivity contribution in [2.45, 2.75) is 26.3 Å². The minimum absolute atomic E-state index is 0.00996. The first-order valence-electron chi connectivity index (χ1n) is 9.01. The fourth-order valence-corrected chi connectivity index (χ4v) is 3.24. The molecule has 0 saturated carbocycles. The number of para-hydroxylation sites is 1.